The van der Waals surface area contributed by atoms with Gasteiger partial charge in [-0.15, -0.1) is 0 Å². The summed E-state index contributed by atoms with van der Waals surface area (Å²) in [5.74, 6) is -0.0490. The molecule has 0 aliphatic heterocycles. The Kier molecular flexibility index (Phi) is 5.12. The number of rotatable bonds is 6. The topological polar surface area (TPSA) is 76.6 Å². The molecule has 16 heavy (non-hydrogen) atoms. The molecule has 90 valence electrons. The van der Waals surface area contributed by atoms with Gasteiger partial charge in [0, 0.05) is 0 Å². The van der Waals surface area contributed by atoms with E-state index in [1.807, 2.05) is 0 Å². The zero-order valence-electron chi connectivity index (χ0n) is 9.87. The van der Waals surface area contributed by atoms with Crippen LogP contribution in [-0.4, -0.2) is 19.6 Å². The number of carbonyl (C=O) groups excluding carboxylic acids is 1. The van der Waals surface area contributed by atoms with Crippen molar-refractivity contribution in [2.75, 3.05) is 13.7 Å². The molecule has 1 rings (SSSR count). The summed E-state index contributed by atoms with van der Waals surface area (Å²) < 4.78 is 4.90. The van der Waals surface area contributed by atoms with Crippen LogP contribution in [0.25, 0.3) is 0 Å². The van der Waals surface area contributed by atoms with Crippen molar-refractivity contribution in [2.24, 2.45) is 10.5 Å². The molecule has 0 bridgehead atoms. The van der Waals surface area contributed by atoms with Crippen LogP contribution in [0.15, 0.2) is 5.11 Å². The summed E-state index contributed by atoms with van der Waals surface area (Å²) in [5, 5.41) is 3.60. The first kappa shape index (κ1) is 12.8. The van der Waals surface area contributed by atoms with Crippen LogP contribution in [0.5, 0.6) is 0 Å². The predicted molar refractivity (Wildman–Crippen MR) is 58.9 cm³/mol. The van der Waals surface area contributed by atoms with Gasteiger partial charge < -0.3 is 4.74 Å². The van der Waals surface area contributed by atoms with E-state index >= 15 is 0 Å². The monoisotopic (exact) mass is 226 g/mol. The molecule has 0 radical (unpaired) electrons. The number of methoxy groups -OCH3 is 1. The first-order valence-corrected chi connectivity index (χ1v) is 5.87. The Morgan fingerprint density at radius 1 is 1.44 bits per heavy atom. The van der Waals surface area contributed by atoms with E-state index in [1.54, 1.807) is 0 Å². The van der Waals surface area contributed by atoms with Crippen molar-refractivity contribution in [1.29, 1.82) is 5.53 Å². The lowest BCUT2D eigenvalue weighted by atomic mass is 9.81. The van der Waals surface area contributed by atoms with Gasteiger partial charge in [0.2, 0.25) is 4.91 Å². The summed E-state index contributed by atoms with van der Waals surface area (Å²) in [4.78, 5) is 14.7. The van der Waals surface area contributed by atoms with Gasteiger partial charge in [-0.25, -0.2) is 0 Å². The van der Waals surface area contributed by atoms with Gasteiger partial charge in [0.1, 0.15) is 17.2 Å². The first-order chi connectivity index (χ1) is 7.75. The lowest BCUT2D eigenvalue weighted by Crippen LogP contribution is -2.29. The number of hydrogen-bond acceptors (Lipinski definition) is 4. The number of nitrogens with one attached hydrogen (secondary N) is 1. The maximum atomic E-state index is 11.8. The molecule has 0 heterocycles. The minimum atomic E-state index is -0.229. The number of carbonyl (C=O) groups is 1. The molecule has 0 aromatic rings. The second-order valence-electron chi connectivity index (χ2n) is 4.40. The number of hydrogen-bond donors (Lipinski definition) is 1. The Morgan fingerprint density at radius 3 is 2.69 bits per heavy atom. The Labute approximate surface area is 95.8 Å². The summed E-state index contributed by atoms with van der Waals surface area (Å²) in [5.41, 5.74) is 6.30. The van der Waals surface area contributed by atoms with Crippen molar-refractivity contribution in [3.05, 3.63) is 0 Å². The van der Waals surface area contributed by atoms with Gasteiger partial charge in [-0.2, -0.15) is 0 Å². The molecule has 0 aromatic heterocycles. The fourth-order valence-electron chi connectivity index (χ4n) is 2.52. The third-order valence-corrected chi connectivity index (χ3v) is 3.41. The fraction of sp³-hybridized carbons (Fsp3) is 0.909. The van der Waals surface area contributed by atoms with Crippen molar-refractivity contribution in [3.63, 3.8) is 0 Å². The second kappa shape index (κ2) is 6.38. The molecule has 1 saturated carbocycles. The summed E-state index contributed by atoms with van der Waals surface area (Å²) >= 11 is 0. The van der Waals surface area contributed by atoms with Crippen LogP contribution < -0.4 is 4.91 Å². The second-order valence-corrected chi connectivity index (χ2v) is 4.40. The molecular weight excluding hydrogens is 206 g/mol. The molecular formula is C11H20N3O2+. The lowest BCUT2D eigenvalue weighted by molar-refractivity contribution is -0.153. The highest BCUT2D eigenvalue weighted by Crippen LogP contribution is 2.43. The Balaban J connectivity index is 2.39. The summed E-state index contributed by atoms with van der Waals surface area (Å²) in [7, 11) is 1.47. The van der Waals surface area contributed by atoms with Crippen LogP contribution in [-0.2, 0) is 9.53 Å². The van der Waals surface area contributed by atoms with Crippen LogP contribution in [0.4, 0.5) is 0 Å². The Morgan fingerprint density at radius 2 is 2.12 bits per heavy atom. The highest BCUT2D eigenvalue weighted by molar-refractivity contribution is 5.77. The number of nitrogens with zero attached hydrogens (tertiary/aromatic N) is 2. The van der Waals surface area contributed by atoms with Gasteiger partial charge >= 0.3 is 5.97 Å². The Bertz CT molecular complexity index is 279. The molecule has 0 atom stereocenters. The van der Waals surface area contributed by atoms with E-state index in [9.17, 15) is 4.79 Å². The maximum absolute atomic E-state index is 11.8. The van der Waals surface area contributed by atoms with Crippen molar-refractivity contribution in [2.45, 2.75) is 44.9 Å². The molecule has 5 heteroatoms. The molecule has 1 fully saturated rings. The fourth-order valence-corrected chi connectivity index (χ4v) is 2.52. The van der Waals surface area contributed by atoms with Crippen molar-refractivity contribution in [3.8, 4) is 0 Å². The molecule has 1 aliphatic carbocycles. The number of ether oxygens (including phenoxy) is 1. The molecule has 0 spiro atoms. The van der Waals surface area contributed by atoms with Crippen LogP contribution in [0.2, 0.25) is 0 Å². The normalized spacial score (nSPS) is 17.8. The summed E-state index contributed by atoms with van der Waals surface area (Å²) in [6.45, 7) is 0.584. The van der Waals surface area contributed by atoms with Crippen LogP contribution in [0.3, 0.4) is 0 Å². The van der Waals surface area contributed by atoms with Crippen LogP contribution >= 0.6 is 0 Å². The average Bonchev–Trinajstić information content (AvgIpc) is 2.78. The van der Waals surface area contributed by atoms with Crippen LogP contribution in [0, 0.1) is 10.9 Å². The standard InChI is InChI=1S/C11H20N3O2/c1-16-10(15)11(6-2-3-7-11)8-4-5-9-13-14-12/h12H,2-9H2,1H3/q+1. The third-order valence-electron chi connectivity index (χ3n) is 3.41. The molecule has 5 nitrogen and oxygen atoms in total. The van der Waals surface area contributed by atoms with Crippen molar-refractivity contribution < 1.29 is 9.53 Å². The third kappa shape index (κ3) is 3.14. The maximum Gasteiger partial charge on any atom is 0.311 e. The van der Waals surface area contributed by atoms with E-state index in [1.165, 1.54) is 7.11 Å². The van der Waals surface area contributed by atoms with E-state index in [0.717, 1.165) is 44.9 Å². The quantitative estimate of drug-likeness (QED) is 0.327. The van der Waals surface area contributed by atoms with Crippen molar-refractivity contribution >= 4 is 5.97 Å². The van der Waals surface area contributed by atoms with Gasteiger partial charge in [0.05, 0.1) is 12.5 Å². The van der Waals surface area contributed by atoms with E-state index in [0.29, 0.717) is 6.54 Å². The smallest absolute Gasteiger partial charge is 0.311 e. The van der Waals surface area contributed by atoms with Gasteiger partial charge in [0.15, 0.2) is 0 Å². The average molecular weight is 226 g/mol. The first-order valence-electron chi connectivity index (χ1n) is 5.87. The zero-order valence-corrected chi connectivity index (χ0v) is 9.87. The van der Waals surface area contributed by atoms with E-state index in [2.05, 4.69) is 10.0 Å². The van der Waals surface area contributed by atoms with Gasteiger partial charge in [0.25, 0.3) is 0 Å². The van der Waals surface area contributed by atoms with Crippen molar-refractivity contribution in [1.82, 2.24) is 4.91 Å². The minimum absolute atomic E-state index is 0.0490. The molecule has 0 amide bonds. The van der Waals surface area contributed by atoms with E-state index in [4.69, 9.17) is 10.3 Å². The molecule has 0 aromatic carbocycles. The predicted octanol–water partition coefficient (Wildman–Crippen LogP) is 2.44. The highest BCUT2D eigenvalue weighted by Gasteiger charge is 2.41. The Hall–Kier alpha value is -1.22. The van der Waals surface area contributed by atoms with E-state index in [-0.39, 0.29) is 11.4 Å². The van der Waals surface area contributed by atoms with Gasteiger partial charge in [-0.3, -0.25) is 4.79 Å². The molecule has 1 N–H and O–H groups in total. The van der Waals surface area contributed by atoms with Gasteiger partial charge in [-0.1, -0.05) is 19.3 Å². The minimum Gasteiger partial charge on any atom is -0.469 e. The lowest BCUT2D eigenvalue weighted by Gasteiger charge is -2.25. The van der Waals surface area contributed by atoms with Gasteiger partial charge in [-0.05, 0) is 25.7 Å². The van der Waals surface area contributed by atoms with Crippen LogP contribution in [0.1, 0.15) is 44.9 Å². The summed E-state index contributed by atoms with van der Waals surface area (Å²) in [6, 6.07) is 0. The largest absolute Gasteiger partial charge is 0.469 e. The SMILES string of the molecule is COC(=O)C1(CCCCN=[N+]=N)CCCC1. The molecule has 0 saturated heterocycles. The highest BCUT2D eigenvalue weighted by atomic mass is 16.5. The number of esters is 1. The zero-order chi connectivity index (χ0) is 11.9. The number of unbranched alkanes of at least 4 members (excludes halogenated alkanes) is 1. The van der Waals surface area contributed by atoms with E-state index < -0.39 is 0 Å². The molecule has 1 aliphatic rings. The summed E-state index contributed by atoms with van der Waals surface area (Å²) in [6.07, 6.45) is 6.89. The molecule has 0 unspecified atom stereocenters.